The van der Waals surface area contributed by atoms with E-state index < -0.39 is 0 Å². The van der Waals surface area contributed by atoms with Crippen LogP contribution in [0, 0.1) is 11.8 Å². The van der Waals surface area contributed by atoms with Crippen LogP contribution in [-0.2, 0) is 6.42 Å². The summed E-state index contributed by atoms with van der Waals surface area (Å²) in [6.07, 6.45) is 5.02. The maximum absolute atomic E-state index is 10.3. The molecule has 0 aromatic carbocycles. The molecule has 21 heavy (non-hydrogen) atoms. The van der Waals surface area contributed by atoms with Gasteiger partial charge < -0.3 is 5.11 Å². The smallest absolute Gasteiger partial charge is 0.0810 e. The minimum absolute atomic E-state index is 0. The third kappa shape index (κ3) is 3.25. The monoisotopic (exact) mass is 304 g/mol. The van der Waals surface area contributed by atoms with Crippen LogP contribution in [0.5, 0.6) is 0 Å². The Kier molecular flexibility index (Phi) is 4.96. The van der Waals surface area contributed by atoms with Crippen molar-refractivity contribution in [2.24, 2.45) is 11.8 Å². The van der Waals surface area contributed by atoms with E-state index >= 15 is 0 Å². The fourth-order valence-electron chi connectivity index (χ4n) is 2.91. The quantitative estimate of drug-likeness (QED) is 0.917. The van der Waals surface area contributed by atoms with Gasteiger partial charge in [0.1, 0.15) is 0 Å². The molecule has 1 aliphatic rings. The average molecular weight is 305 g/mol. The van der Waals surface area contributed by atoms with E-state index in [9.17, 15) is 5.11 Å². The predicted octanol–water partition coefficient (Wildman–Crippen LogP) is 3.82. The van der Waals surface area contributed by atoms with Gasteiger partial charge >= 0.3 is 0 Å². The van der Waals surface area contributed by atoms with Gasteiger partial charge in [-0.05, 0) is 42.9 Å². The maximum Gasteiger partial charge on any atom is 0.0810 e. The van der Waals surface area contributed by atoms with E-state index in [1.165, 1.54) is 0 Å². The molecule has 1 aliphatic carbocycles. The molecular weight excluding hydrogens is 284 g/mol. The Hall–Kier alpha value is -1.45. The second-order valence-electron chi connectivity index (χ2n) is 5.93. The van der Waals surface area contributed by atoms with Crippen LogP contribution in [-0.4, -0.2) is 15.1 Å². The predicted molar refractivity (Wildman–Crippen MR) is 86.3 cm³/mol. The summed E-state index contributed by atoms with van der Waals surface area (Å²) in [5, 5.41) is 10.3. The maximum atomic E-state index is 10.3. The Morgan fingerprint density at radius 3 is 2.71 bits per heavy atom. The molecule has 4 heteroatoms. The summed E-state index contributed by atoms with van der Waals surface area (Å²) in [5.74, 6) is 1.08. The van der Waals surface area contributed by atoms with Crippen molar-refractivity contribution in [3.63, 3.8) is 0 Å². The van der Waals surface area contributed by atoms with E-state index in [2.05, 4.69) is 18.8 Å². The van der Waals surface area contributed by atoms with Crippen LogP contribution in [0.3, 0.4) is 0 Å². The number of hydrogen-bond donors (Lipinski definition) is 1. The number of pyridine rings is 2. The van der Waals surface area contributed by atoms with Crippen LogP contribution >= 0.6 is 12.4 Å². The summed E-state index contributed by atoms with van der Waals surface area (Å²) in [6.45, 7) is 4.43. The van der Waals surface area contributed by atoms with Gasteiger partial charge in [0.25, 0.3) is 0 Å². The van der Waals surface area contributed by atoms with E-state index in [-0.39, 0.29) is 18.5 Å². The molecule has 3 nitrogen and oxygen atoms in total. The molecule has 1 N–H and O–H groups in total. The lowest BCUT2D eigenvalue weighted by Gasteiger charge is -2.30. The fraction of sp³-hybridized carbons (Fsp3) is 0.412. The van der Waals surface area contributed by atoms with Crippen LogP contribution < -0.4 is 0 Å². The minimum Gasteiger partial charge on any atom is -0.388 e. The summed E-state index contributed by atoms with van der Waals surface area (Å²) in [7, 11) is 0. The molecule has 0 spiro atoms. The molecule has 2 unspecified atom stereocenters. The molecule has 0 bridgehead atoms. The van der Waals surface area contributed by atoms with Crippen molar-refractivity contribution >= 4 is 12.4 Å². The van der Waals surface area contributed by atoms with E-state index in [1.54, 1.807) is 6.20 Å². The molecule has 2 aromatic rings. The number of aliphatic hydroxyl groups excluding tert-OH is 1. The number of rotatable bonds is 2. The highest BCUT2D eigenvalue weighted by Gasteiger charge is 2.28. The first-order valence-corrected chi connectivity index (χ1v) is 7.23. The second kappa shape index (κ2) is 6.54. The van der Waals surface area contributed by atoms with Crippen LogP contribution in [0.25, 0.3) is 11.3 Å². The molecule has 0 fully saturated rings. The molecule has 0 radical (unpaired) electrons. The molecule has 0 saturated carbocycles. The summed E-state index contributed by atoms with van der Waals surface area (Å²) in [6, 6.07) is 7.93. The average Bonchev–Trinajstić information content (AvgIpc) is 2.47. The molecule has 2 heterocycles. The van der Waals surface area contributed by atoms with Crippen LogP contribution in [0.1, 0.15) is 37.6 Å². The number of hydrogen-bond acceptors (Lipinski definition) is 3. The van der Waals surface area contributed by atoms with Gasteiger partial charge in [0.15, 0.2) is 0 Å². The van der Waals surface area contributed by atoms with E-state index in [1.807, 2.05) is 30.5 Å². The standard InChI is InChI=1S/C17H20N2O.ClH/c1-11(2)13-8-16-14(17(20)9-13)5-6-15(19-16)12-4-3-7-18-10-12;/h3-7,10-11,13,17,20H,8-9H2,1-2H3;1H. The lowest BCUT2D eigenvalue weighted by molar-refractivity contribution is 0.116. The van der Waals surface area contributed by atoms with Gasteiger partial charge in [-0.1, -0.05) is 19.9 Å². The topological polar surface area (TPSA) is 46.0 Å². The van der Waals surface area contributed by atoms with Crippen molar-refractivity contribution in [3.05, 3.63) is 47.9 Å². The lowest BCUT2D eigenvalue weighted by atomic mass is 9.79. The largest absolute Gasteiger partial charge is 0.388 e. The lowest BCUT2D eigenvalue weighted by Crippen LogP contribution is -2.23. The van der Waals surface area contributed by atoms with Crippen molar-refractivity contribution < 1.29 is 5.11 Å². The molecule has 0 saturated heterocycles. The Morgan fingerprint density at radius 2 is 2.05 bits per heavy atom. The normalized spacial score (nSPS) is 20.8. The van der Waals surface area contributed by atoms with Gasteiger partial charge in [0.2, 0.25) is 0 Å². The van der Waals surface area contributed by atoms with Gasteiger partial charge in [0.05, 0.1) is 11.8 Å². The fourth-order valence-corrected chi connectivity index (χ4v) is 2.91. The Bertz CT molecular complexity index is 601. The number of aliphatic hydroxyl groups is 1. The van der Waals surface area contributed by atoms with Gasteiger partial charge in [0, 0.05) is 29.2 Å². The SMILES string of the molecule is CC(C)C1Cc2nc(-c3cccnc3)ccc2C(O)C1.Cl. The summed E-state index contributed by atoms with van der Waals surface area (Å²) >= 11 is 0. The highest BCUT2D eigenvalue weighted by Crippen LogP contribution is 2.36. The number of fused-ring (bicyclic) bond motifs is 1. The van der Waals surface area contributed by atoms with Crippen molar-refractivity contribution in [2.75, 3.05) is 0 Å². The van der Waals surface area contributed by atoms with Crippen molar-refractivity contribution in [3.8, 4) is 11.3 Å². The second-order valence-corrected chi connectivity index (χ2v) is 5.93. The highest BCUT2D eigenvalue weighted by molar-refractivity contribution is 5.85. The Morgan fingerprint density at radius 1 is 1.24 bits per heavy atom. The minimum atomic E-state index is -0.374. The molecule has 112 valence electrons. The molecule has 0 aliphatic heterocycles. The molecule has 2 atom stereocenters. The molecular formula is C17H21ClN2O. The van der Waals surface area contributed by atoms with Crippen LogP contribution in [0.15, 0.2) is 36.7 Å². The number of halogens is 1. The Balaban J connectivity index is 0.00000161. The van der Waals surface area contributed by atoms with E-state index in [0.29, 0.717) is 11.8 Å². The zero-order valence-corrected chi connectivity index (χ0v) is 13.2. The zero-order valence-electron chi connectivity index (χ0n) is 12.4. The van der Waals surface area contributed by atoms with Crippen molar-refractivity contribution in [1.82, 2.24) is 9.97 Å². The summed E-state index contributed by atoms with van der Waals surface area (Å²) < 4.78 is 0. The summed E-state index contributed by atoms with van der Waals surface area (Å²) in [4.78, 5) is 8.91. The van der Waals surface area contributed by atoms with E-state index in [4.69, 9.17) is 4.98 Å². The van der Waals surface area contributed by atoms with Gasteiger partial charge in [-0.3, -0.25) is 9.97 Å². The van der Waals surface area contributed by atoms with Gasteiger partial charge in [-0.15, -0.1) is 12.4 Å². The third-order valence-corrected chi connectivity index (χ3v) is 4.25. The highest BCUT2D eigenvalue weighted by atomic mass is 35.5. The van der Waals surface area contributed by atoms with Crippen LogP contribution in [0.4, 0.5) is 0 Å². The zero-order chi connectivity index (χ0) is 14.1. The van der Waals surface area contributed by atoms with Gasteiger partial charge in [-0.25, -0.2) is 0 Å². The molecule has 2 aromatic heterocycles. The Labute approximate surface area is 131 Å². The van der Waals surface area contributed by atoms with Crippen molar-refractivity contribution in [2.45, 2.75) is 32.8 Å². The first-order valence-electron chi connectivity index (χ1n) is 7.23. The van der Waals surface area contributed by atoms with Crippen LogP contribution in [0.2, 0.25) is 0 Å². The van der Waals surface area contributed by atoms with Crippen molar-refractivity contribution in [1.29, 1.82) is 0 Å². The first-order chi connectivity index (χ1) is 9.65. The summed E-state index contributed by atoms with van der Waals surface area (Å²) in [5.41, 5.74) is 4.00. The van der Waals surface area contributed by atoms with E-state index in [0.717, 1.165) is 35.4 Å². The number of nitrogens with zero attached hydrogens (tertiary/aromatic N) is 2. The first kappa shape index (κ1) is 15.9. The molecule has 0 amide bonds. The number of aromatic nitrogens is 2. The van der Waals surface area contributed by atoms with Gasteiger partial charge in [-0.2, -0.15) is 0 Å². The molecule has 3 rings (SSSR count). The third-order valence-electron chi connectivity index (χ3n) is 4.25.